The van der Waals surface area contributed by atoms with E-state index in [1.807, 2.05) is 0 Å². The highest BCUT2D eigenvalue weighted by Gasteiger charge is 2.20. The summed E-state index contributed by atoms with van der Waals surface area (Å²) in [7, 11) is 0. The van der Waals surface area contributed by atoms with E-state index in [0.29, 0.717) is 11.8 Å². The molecule has 0 heteroatoms. The lowest BCUT2D eigenvalue weighted by atomic mass is 9.79. The molecule has 1 aromatic rings. The van der Waals surface area contributed by atoms with Crippen LogP contribution in [0.15, 0.2) is 48.6 Å². The quantitative estimate of drug-likeness (QED) is 0.298. The van der Waals surface area contributed by atoms with Crippen LogP contribution in [-0.2, 0) is 6.42 Å². The van der Waals surface area contributed by atoms with E-state index in [2.05, 4.69) is 62.4 Å². The second-order valence-corrected chi connectivity index (χ2v) is 9.39. The first-order chi connectivity index (χ1) is 13.8. The van der Waals surface area contributed by atoms with Crippen LogP contribution in [0, 0.1) is 17.8 Å². The molecule has 154 valence electrons. The topological polar surface area (TPSA) is 0 Å². The Balaban J connectivity index is 1.44. The van der Waals surface area contributed by atoms with Crippen LogP contribution in [0.1, 0.15) is 102 Å². The molecule has 2 aliphatic carbocycles. The Kier molecular flexibility index (Phi) is 8.90. The maximum Gasteiger partial charge on any atom is 0.00185 e. The Hall–Kier alpha value is -1.30. The lowest BCUT2D eigenvalue weighted by Crippen LogP contribution is -2.13. The van der Waals surface area contributed by atoms with E-state index in [-0.39, 0.29) is 0 Å². The second kappa shape index (κ2) is 11.6. The molecule has 1 fully saturated rings. The van der Waals surface area contributed by atoms with Gasteiger partial charge >= 0.3 is 0 Å². The first-order valence-corrected chi connectivity index (χ1v) is 12.2. The molecule has 0 heterocycles. The van der Waals surface area contributed by atoms with Crippen molar-refractivity contribution in [3.8, 4) is 0 Å². The highest BCUT2D eigenvalue weighted by atomic mass is 14.3. The van der Waals surface area contributed by atoms with Crippen molar-refractivity contribution in [2.75, 3.05) is 0 Å². The number of aryl methyl sites for hydroxylation is 1. The van der Waals surface area contributed by atoms with Crippen LogP contribution in [0.4, 0.5) is 0 Å². The molecule has 0 amide bonds. The molecular weight excluding hydrogens is 336 g/mol. The molecule has 0 N–H and O–H groups in total. The van der Waals surface area contributed by atoms with E-state index in [4.69, 9.17) is 0 Å². The Morgan fingerprint density at radius 2 is 1.57 bits per heavy atom. The van der Waals surface area contributed by atoms with Gasteiger partial charge < -0.3 is 0 Å². The summed E-state index contributed by atoms with van der Waals surface area (Å²) in [6.45, 7) is 4.61. The monoisotopic (exact) mass is 378 g/mol. The molecular formula is C28H42. The Labute approximate surface area is 174 Å². The van der Waals surface area contributed by atoms with Crippen molar-refractivity contribution >= 4 is 0 Å². The van der Waals surface area contributed by atoms with E-state index in [9.17, 15) is 0 Å². The molecule has 2 atom stereocenters. The molecule has 0 saturated heterocycles. The summed E-state index contributed by atoms with van der Waals surface area (Å²) in [4.78, 5) is 0. The van der Waals surface area contributed by atoms with Crippen LogP contribution in [0.25, 0.3) is 0 Å². The van der Waals surface area contributed by atoms with Crippen LogP contribution in [0.2, 0.25) is 0 Å². The molecule has 0 aliphatic heterocycles. The average Bonchev–Trinajstić information content (AvgIpc) is 2.75. The average molecular weight is 379 g/mol. The zero-order valence-corrected chi connectivity index (χ0v) is 18.4. The molecule has 3 rings (SSSR count). The van der Waals surface area contributed by atoms with Crippen molar-refractivity contribution < 1.29 is 0 Å². The number of hydrogen-bond donors (Lipinski definition) is 0. The van der Waals surface area contributed by atoms with Crippen LogP contribution in [0.5, 0.6) is 0 Å². The Bertz CT molecular complexity index is 597. The Morgan fingerprint density at radius 3 is 2.21 bits per heavy atom. The largest absolute Gasteiger partial charge is 0.0848 e. The smallest absolute Gasteiger partial charge is 0.00185 e. The molecule has 1 aromatic carbocycles. The molecule has 1 saturated carbocycles. The highest BCUT2D eigenvalue weighted by Crippen LogP contribution is 2.34. The van der Waals surface area contributed by atoms with Gasteiger partial charge in [0.1, 0.15) is 0 Å². The fourth-order valence-corrected chi connectivity index (χ4v) is 5.17. The first-order valence-electron chi connectivity index (χ1n) is 12.2. The van der Waals surface area contributed by atoms with E-state index in [0.717, 1.165) is 11.8 Å². The van der Waals surface area contributed by atoms with Crippen molar-refractivity contribution in [3.05, 3.63) is 59.7 Å². The van der Waals surface area contributed by atoms with Crippen LogP contribution in [-0.4, -0.2) is 0 Å². The third-order valence-electron chi connectivity index (χ3n) is 7.10. The van der Waals surface area contributed by atoms with Gasteiger partial charge in [-0.1, -0.05) is 88.1 Å². The standard InChI is InChI=1S/C28H42/c1-3-5-6-8-24-15-19-27(20-16-24)28-21-17-26(18-22-28)14-13-25-11-9-23(7-4-2)10-12-25/h13-17,19-21,23,25-26,28H,3-12,18,22H2,1-2H3. The predicted molar refractivity (Wildman–Crippen MR) is 124 cm³/mol. The summed E-state index contributed by atoms with van der Waals surface area (Å²) in [6, 6.07) is 9.47. The van der Waals surface area contributed by atoms with Crippen LogP contribution < -0.4 is 0 Å². The number of benzene rings is 1. The van der Waals surface area contributed by atoms with Gasteiger partial charge in [0.2, 0.25) is 0 Å². The maximum atomic E-state index is 2.56. The molecule has 0 bridgehead atoms. The van der Waals surface area contributed by atoms with E-state index < -0.39 is 0 Å². The molecule has 28 heavy (non-hydrogen) atoms. The zero-order valence-electron chi connectivity index (χ0n) is 18.4. The number of allylic oxidation sites excluding steroid dienone is 4. The lowest BCUT2D eigenvalue weighted by molar-refractivity contribution is 0.293. The van der Waals surface area contributed by atoms with Crippen molar-refractivity contribution in [1.29, 1.82) is 0 Å². The van der Waals surface area contributed by atoms with E-state index in [1.54, 1.807) is 0 Å². The van der Waals surface area contributed by atoms with Gasteiger partial charge in [0.15, 0.2) is 0 Å². The third kappa shape index (κ3) is 6.64. The molecule has 0 radical (unpaired) electrons. The molecule has 0 spiro atoms. The lowest BCUT2D eigenvalue weighted by Gasteiger charge is -2.27. The van der Waals surface area contributed by atoms with Gasteiger partial charge in [-0.3, -0.25) is 0 Å². The minimum absolute atomic E-state index is 0.624. The fraction of sp³-hybridized carbons (Fsp3) is 0.643. The number of hydrogen-bond acceptors (Lipinski definition) is 0. The summed E-state index contributed by atoms with van der Waals surface area (Å²) in [5.74, 6) is 3.15. The minimum atomic E-state index is 0.624. The van der Waals surface area contributed by atoms with Gasteiger partial charge in [-0.25, -0.2) is 0 Å². The van der Waals surface area contributed by atoms with E-state index >= 15 is 0 Å². The fourth-order valence-electron chi connectivity index (χ4n) is 5.17. The van der Waals surface area contributed by atoms with Crippen LogP contribution >= 0.6 is 0 Å². The second-order valence-electron chi connectivity index (χ2n) is 9.39. The highest BCUT2D eigenvalue weighted by molar-refractivity contribution is 5.29. The van der Waals surface area contributed by atoms with Gasteiger partial charge in [0, 0.05) is 5.92 Å². The minimum Gasteiger partial charge on any atom is -0.0848 e. The Morgan fingerprint density at radius 1 is 0.786 bits per heavy atom. The summed E-state index contributed by atoms with van der Waals surface area (Å²) < 4.78 is 0. The summed E-state index contributed by atoms with van der Waals surface area (Å²) in [5, 5.41) is 0. The van der Waals surface area contributed by atoms with E-state index in [1.165, 1.54) is 88.2 Å². The van der Waals surface area contributed by atoms with Gasteiger partial charge in [0.25, 0.3) is 0 Å². The van der Waals surface area contributed by atoms with Crippen molar-refractivity contribution in [3.63, 3.8) is 0 Å². The predicted octanol–water partition coefficient (Wildman–Crippen LogP) is 8.63. The molecule has 2 unspecified atom stereocenters. The summed E-state index contributed by atoms with van der Waals surface area (Å²) in [6.07, 6.45) is 26.4. The van der Waals surface area contributed by atoms with Gasteiger partial charge in [-0.05, 0) is 80.2 Å². The normalized spacial score (nSPS) is 28.1. The van der Waals surface area contributed by atoms with Crippen molar-refractivity contribution in [1.82, 2.24) is 0 Å². The SMILES string of the molecule is CCCCCc1ccc(C2C=CC(C=CC3CCC(CCC)CC3)CC2)cc1. The summed E-state index contributed by atoms with van der Waals surface area (Å²) >= 11 is 0. The number of unbranched alkanes of at least 4 members (excludes halogenated alkanes) is 2. The number of rotatable bonds is 9. The van der Waals surface area contributed by atoms with Gasteiger partial charge in [0.05, 0.1) is 0 Å². The van der Waals surface area contributed by atoms with Crippen LogP contribution in [0.3, 0.4) is 0 Å². The summed E-state index contributed by atoms with van der Waals surface area (Å²) in [5.41, 5.74) is 3.01. The van der Waals surface area contributed by atoms with Crippen molar-refractivity contribution in [2.24, 2.45) is 17.8 Å². The van der Waals surface area contributed by atoms with Gasteiger partial charge in [-0.2, -0.15) is 0 Å². The van der Waals surface area contributed by atoms with Crippen molar-refractivity contribution in [2.45, 2.75) is 96.8 Å². The van der Waals surface area contributed by atoms with Gasteiger partial charge in [-0.15, -0.1) is 0 Å². The maximum absolute atomic E-state index is 2.56. The first kappa shape index (κ1) is 21.4. The molecule has 0 nitrogen and oxygen atoms in total. The zero-order chi connectivity index (χ0) is 19.6. The third-order valence-corrected chi connectivity index (χ3v) is 7.10. The molecule has 2 aliphatic rings. The molecule has 0 aromatic heterocycles.